The minimum absolute atomic E-state index is 0.143. The van der Waals surface area contributed by atoms with E-state index in [1.165, 1.54) is 27.1 Å². The molecule has 3 aromatic carbocycles. The minimum atomic E-state index is -4.41. The SMILES string of the molecule is Cc1cc(-[s+]2ccc3ccccc32)cc(C)c1OCC(=O)OC(C)(C)C#Cc1ccc(C(F)(F)F)cc1. The molecule has 0 saturated carbocycles. The Morgan fingerprint density at radius 3 is 2.24 bits per heavy atom. The van der Waals surface area contributed by atoms with Gasteiger partial charge in [-0.1, -0.05) is 24.0 Å². The van der Waals surface area contributed by atoms with E-state index in [0.29, 0.717) is 11.3 Å². The molecule has 1 aromatic heterocycles. The summed E-state index contributed by atoms with van der Waals surface area (Å²) < 4.78 is 50.7. The number of alkyl halides is 3. The molecule has 4 aromatic rings. The molecule has 7 heteroatoms. The normalized spacial score (nSPS) is 12.1. The number of rotatable bonds is 5. The van der Waals surface area contributed by atoms with Crippen LogP contribution in [-0.4, -0.2) is 18.2 Å². The van der Waals surface area contributed by atoms with Gasteiger partial charge in [0.1, 0.15) is 11.1 Å². The maximum atomic E-state index is 12.7. The molecule has 0 spiro atoms. The zero-order valence-corrected chi connectivity index (χ0v) is 21.7. The van der Waals surface area contributed by atoms with Gasteiger partial charge < -0.3 is 9.47 Å². The largest absolute Gasteiger partial charge is 0.481 e. The van der Waals surface area contributed by atoms with Crippen LogP contribution in [0.3, 0.4) is 0 Å². The van der Waals surface area contributed by atoms with Crippen molar-refractivity contribution in [2.24, 2.45) is 0 Å². The second-order valence-electron chi connectivity index (χ2n) is 9.16. The number of carbonyl (C=O) groups is 1. The predicted octanol–water partition coefficient (Wildman–Crippen LogP) is 7.97. The van der Waals surface area contributed by atoms with E-state index in [1.54, 1.807) is 13.8 Å². The van der Waals surface area contributed by atoms with E-state index < -0.39 is 23.3 Å². The summed E-state index contributed by atoms with van der Waals surface area (Å²) in [4.78, 5) is 13.7. The molecule has 0 bridgehead atoms. The lowest BCUT2D eigenvalue weighted by molar-refractivity contribution is -0.154. The van der Waals surface area contributed by atoms with Crippen molar-refractivity contribution in [2.75, 3.05) is 6.61 Å². The highest BCUT2D eigenvalue weighted by molar-refractivity contribution is 7.43. The lowest BCUT2D eigenvalue weighted by Crippen LogP contribution is -2.29. The predicted molar refractivity (Wildman–Crippen MR) is 141 cm³/mol. The molecule has 0 aliphatic carbocycles. The lowest BCUT2D eigenvalue weighted by atomic mass is 10.1. The zero-order valence-electron chi connectivity index (χ0n) is 20.9. The van der Waals surface area contributed by atoms with Crippen LogP contribution in [0.5, 0.6) is 5.75 Å². The van der Waals surface area contributed by atoms with Crippen molar-refractivity contribution in [1.82, 2.24) is 0 Å². The van der Waals surface area contributed by atoms with Crippen molar-refractivity contribution in [2.45, 2.75) is 39.5 Å². The van der Waals surface area contributed by atoms with Crippen LogP contribution >= 0.6 is 10.5 Å². The van der Waals surface area contributed by atoms with Crippen molar-refractivity contribution in [1.29, 1.82) is 0 Å². The number of aryl methyl sites for hydroxylation is 2. The Morgan fingerprint density at radius 2 is 1.59 bits per heavy atom. The van der Waals surface area contributed by atoms with Gasteiger partial charge in [0, 0.05) is 39.6 Å². The highest BCUT2D eigenvalue weighted by Crippen LogP contribution is 2.42. The molecule has 0 fully saturated rings. The van der Waals surface area contributed by atoms with E-state index >= 15 is 0 Å². The van der Waals surface area contributed by atoms with Gasteiger partial charge >= 0.3 is 12.1 Å². The summed E-state index contributed by atoms with van der Waals surface area (Å²) >= 11 is 0. The maximum absolute atomic E-state index is 12.7. The van der Waals surface area contributed by atoms with Crippen molar-refractivity contribution in [3.63, 3.8) is 0 Å². The van der Waals surface area contributed by atoms with Crippen LogP contribution in [-0.2, 0) is 15.7 Å². The molecule has 3 nitrogen and oxygen atoms in total. The van der Waals surface area contributed by atoms with Crippen LogP contribution < -0.4 is 4.74 Å². The van der Waals surface area contributed by atoms with E-state index in [4.69, 9.17) is 9.47 Å². The number of ether oxygens (including phenoxy) is 2. The average Bonchev–Trinajstić information content (AvgIpc) is 3.26. The molecule has 1 heterocycles. The van der Waals surface area contributed by atoms with Crippen molar-refractivity contribution < 1.29 is 27.4 Å². The fourth-order valence-corrected chi connectivity index (χ4v) is 6.00. The second-order valence-corrected chi connectivity index (χ2v) is 11.0. The van der Waals surface area contributed by atoms with Crippen LogP contribution in [0.15, 0.2) is 72.1 Å². The van der Waals surface area contributed by atoms with Crippen LogP contribution in [0.1, 0.15) is 36.1 Å². The molecule has 1 unspecified atom stereocenters. The first kappa shape index (κ1) is 26.3. The molecule has 0 N–H and O–H groups in total. The molecule has 0 amide bonds. The smallest absolute Gasteiger partial charge is 0.416 e. The number of hydrogen-bond acceptors (Lipinski definition) is 3. The van der Waals surface area contributed by atoms with E-state index in [1.807, 2.05) is 26.0 Å². The Balaban J connectivity index is 1.40. The van der Waals surface area contributed by atoms with Crippen molar-refractivity contribution in [3.05, 3.63) is 94.4 Å². The minimum Gasteiger partial charge on any atom is -0.481 e. The summed E-state index contributed by atoms with van der Waals surface area (Å²) in [6, 6.07) is 19.2. The number of esters is 1. The van der Waals surface area contributed by atoms with Gasteiger partial charge in [0.25, 0.3) is 0 Å². The maximum Gasteiger partial charge on any atom is 0.416 e. The third kappa shape index (κ3) is 6.33. The molecule has 4 rings (SSSR count). The zero-order chi connectivity index (χ0) is 26.8. The van der Waals surface area contributed by atoms with Crippen molar-refractivity contribution >= 4 is 26.5 Å². The van der Waals surface area contributed by atoms with Gasteiger partial charge in [-0.05, 0) is 75.2 Å². The summed E-state index contributed by atoms with van der Waals surface area (Å²) in [5.74, 6) is 5.60. The van der Waals surface area contributed by atoms with E-state index in [9.17, 15) is 18.0 Å². The highest BCUT2D eigenvalue weighted by Gasteiger charge is 2.30. The molecule has 190 valence electrons. The molecular formula is C30H26F3O3S+. The Kier molecular flexibility index (Phi) is 7.33. The number of carbonyl (C=O) groups excluding carboxylic acids is 1. The van der Waals surface area contributed by atoms with Crippen LogP contribution in [0, 0.1) is 25.7 Å². The first-order valence-corrected chi connectivity index (χ1v) is 12.9. The number of halogens is 3. The van der Waals surface area contributed by atoms with Gasteiger partial charge in [-0.25, -0.2) is 4.79 Å². The summed E-state index contributed by atoms with van der Waals surface area (Å²) in [6.45, 7) is 6.83. The molecule has 37 heavy (non-hydrogen) atoms. The van der Waals surface area contributed by atoms with Crippen molar-refractivity contribution in [3.8, 4) is 22.5 Å². The second kappa shape index (κ2) is 10.3. The van der Waals surface area contributed by atoms with Gasteiger partial charge in [-0.15, -0.1) is 0 Å². The summed E-state index contributed by atoms with van der Waals surface area (Å²) in [5, 5.41) is 3.44. The molecule has 0 aliphatic heterocycles. The van der Waals surface area contributed by atoms with Gasteiger partial charge in [0.15, 0.2) is 21.8 Å². The lowest BCUT2D eigenvalue weighted by Gasteiger charge is -2.19. The standard InChI is InChI=1S/C30H26F3O3S/c1-20-17-25(37-16-14-23-7-5-6-8-26(23)37)18-21(2)28(20)35-19-27(34)36-29(3,4)15-13-22-9-11-24(12-10-22)30(31,32)33/h5-12,14,16-18H,19H2,1-4H3/q+1. The Morgan fingerprint density at radius 1 is 0.946 bits per heavy atom. The Labute approximate surface area is 216 Å². The highest BCUT2D eigenvalue weighted by atomic mass is 32.2. The quantitative estimate of drug-likeness (QED) is 0.151. The summed E-state index contributed by atoms with van der Waals surface area (Å²) in [5.41, 5.74) is 0.342. The van der Waals surface area contributed by atoms with Gasteiger partial charge in [0.05, 0.1) is 5.56 Å². The molecule has 1 atom stereocenters. The Hall–Kier alpha value is -3.76. The van der Waals surface area contributed by atoms with E-state index in [2.05, 4.69) is 47.6 Å². The fourth-order valence-electron chi connectivity index (χ4n) is 3.94. The third-order valence-electron chi connectivity index (χ3n) is 5.65. The first-order valence-electron chi connectivity index (χ1n) is 11.6. The summed E-state index contributed by atoms with van der Waals surface area (Å²) in [6.07, 6.45) is -4.41. The van der Waals surface area contributed by atoms with Gasteiger partial charge in [-0.3, -0.25) is 0 Å². The summed E-state index contributed by atoms with van der Waals surface area (Å²) in [7, 11) is -0.143. The van der Waals surface area contributed by atoms with E-state index in [-0.39, 0.29) is 17.1 Å². The third-order valence-corrected chi connectivity index (χ3v) is 7.65. The molecule has 0 saturated heterocycles. The molecule has 0 radical (unpaired) electrons. The van der Waals surface area contributed by atoms with Gasteiger partial charge in [-0.2, -0.15) is 13.2 Å². The van der Waals surface area contributed by atoms with Gasteiger partial charge in [0.2, 0.25) is 0 Å². The van der Waals surface area contributed by atoms with E-state index in [0.717, 1.165) is 23.3 Å². The molecular weight excluding hydrogens is 497 g/mol. The first-order chi connectivity index (χ1) is 17.4. The topological polar surface area (TPSA) is 35.5 Å². The fraction of sp³-hybridized carbons (Fsp3) is 0.233. The number of hydrogen-bond donors (Lipinski definition) is 0. The number of benzene rings is 3. The van der Waals surface area contributed by atoms with Crippen LogP contribution in [0.2, 0.25) is 0 Å². The monoisotopic (exact) mass is 523 g/mol. The molecule has 0 aliphatic rings. The average molecular weight is 524 g/mol. The number of fused-ring (bicyclic) bond motifs is 1. The van der Waals surface area contributed by atoms with Crippen LogP contribution in [0.4, 0.5) is 13.2 Å². The number of thiophene rings is 1. The van der Waals surface area contributed by atoms with Crippen LogP contribution in [0.25, 0.3) is 15.0 Å². The Bertz CT molecular complexity index is 1480.